The highest BCUT2D eigenvalue weighted by Gasteiger charge is 2.09. The summed E-state index contributed by atoms with van der Waals surface area (Å²) in [5.74, 6) is -1.05. The Balaban J connectivity index is 2.01. The summed E-state index contributed by atoms with van der Waals surface area (Å²) in [7, 11) is 0. The van der Waals surface area contributed by atoms with Crippen LogP contribution in [0.15, 0.2) is 42.7 Å². The molecule has 0 saturated heterocycles. The van der Waals surface area contributed by atoms with Gasteiger partial charge in [0.1, 0.15) is 12.3 Å². The number of aromatic nitrogens is 2. The molecular formula is C13H13N3O4. The molecule has 0 unspecified atom stereocenters. The van der Waals surface area contributed by atoms with Crippen LogP contribution in [0.4, 0.5) is 5.69 Å². The molecule has 1 aromatic heterocycles. The summed E-state index contributed by atoms with van der Waals surface area (Å²) in [5, 5.41) is 15.2. The van der Waals surface area contributed by atoms with Gasteiger partial charge in [-0.15, -0.1) is 0 Å². The van der Waals surface area contributed by atoms with Gasteiger partial charge >= 0.3 is 5.97 Å². The summed E-state index contributed by atoms with van der Waals surface area (Å²) in [4.78, 5) is 22.3. The van der Waals surface area contributed by atoms with E-state index in [0.717, 1.165) is 0 Å². The van der Waals surface area contributed by atoms with Crippen LogP contribution in [0, 0.1) is 0 Å². The molecule has 0 atom stereocenters. The molecule has 1 amide bonds. The van der Waals surface area contributed by atoms with Gasteiger partial charge in [0.2, 0.25) is 5.91 Å². The molecule has 1 heterocycles. The van der Waals surface area contributed by atoms with Gasteiger partial charge in [-0.2, -0.15) is 5.10 Å². The number of hydrogen-bond acceptors (Lipinski definition) is 4. The average Bonchev–Trinajstić information content (AvgIpc) is 2.90. The van der Waals surface area contributed by atoms with Gasteiger partial charge in [0.25, 0.3) is 0 Å². The van der Waals surface area contributed by atoms with Crippen molar-refractivity contribution in [2.45, 2.75) is 6.54 Å². The Morgan fingerprint density at radius 2 is 2.10 bits per heavy atom. The lowest BCUT2D eigenvalue weighted by atomic mass is 10.3. The molecule has 0 aliphatic heterocycles. The van der Waals surface area contributed by atoms with Crippen molar-refractivity contribution in [3.05, 3.63) is 42.7 Å². The molecule has 2 rings (SSSR count). The van der Waals surface area contributed by atoms with Crippen molar-refractivity contribution in [3.8, 4) is 5.75 Å². The zero-order valence-corrected chi connectivity index (χ0v) is 10.5. The molecule has 0 radical (unpaired) electrons. The standard InChI is InChI=1S/C13H13N3O4/c17-12(8-16-7-3-6-14-16)15-10-4-1-2-5-11(10)20-9-13(18)19/h1-7H,8-9H2,(H,15,17)(H,18,19). The first-order chi connectivity index (χ1) is 9.65. The van der Waals surface area contributed by atoms with Crippen LogP contribution in [0.25, 0.3) is 0 Å². The second kappa shape index (κ2) is 6.37. The second-order valence-electron chi connectivity index (χ2n) is 3.93. The first kappa shape index (κ1) is 13.6. The van der Waals surface area contributed by atoms with Crippen molar-refractivity contribution in [1.29, 1.82) is 0 Å². The number of amides is 1. The van der Waals surface area contributed by atoms with Crippen molar-refractivity contribution in [3.63, 3.8) is 0 Å². The Morgan fingerprint density at radius 1 is 1.30 bits per heavy atom. The highest BCUT2D eigenvalue weighted by atomic mass is 16.5. The first-order valence-corrected chi connectivity index (χ1v) is 5.86. The fraction of sp³-hybridized carbons (Fsp3) is 0.154. The maximum atomic E-state index is 11.8. The molecule has 0 spiro atoms. The van der Waals surface area contributed by atoms with E-state index in [1.807, 2.05) is 0 Å². The third-order valence-corrected chi connectivity index (χ3v) is 2.38. The van der Waals surface area contributed by atoms with Crippen LogP contribution in [0.3, 0.4) is 0 Å². The van der Waals surface area contributed by atoms with Gasteiger partial charge in [0.05, 0.1) is 5.69 Å². The maximum absolute atomic E-state index is 11.8. The number of ether oxygens (including phenoxy) is 1. The quantitative estimate of drug-likeness (QED) is 0.819. The molecule has 7 nitrogen and oxygen atoms in total. The number of benzene rings is 1. The van der Waals surface area contributed by atoms with Crippen LogP contribution in [0.1, 0.15) is 0 Å². The van der Waals surface area contributed by atoms with E-state index in [4.69, 9.17) is 9.84 Å². The predicted molar refractivity (Wildman–Crippen MR) is 70.4 cm³/mol. The van der Waals surface area contributed by atoms with Crippen LogP contribution in [0.2, 0.25) is 0 Å². The van der Waals surface area contributed by atoms with Crippen LogP contribution in [-0.4, -0.2) is 33.4 Å². The Morgan fingerprint density at radius 3 is 2.80 bits per heavy atom. The normalized spacial score (nSPS) is 10.0. The van der Waals surface area contributed by atoms with E-state index in [1.165, 1.54) is 4.68 Å². The minimum absolute atomic E-state index is 0.0697. The summed E-state index contributed by atoms with van der Waals surface area (Å²) >= 11 is 0. The molecule has 0 saturated carbocycles. The van der Waals surface area contributed by atoms with Crippen molar-refractivity contribution in [2.24, 2.45) is 0 Å². The van der Waals surface area contributed by atoms with E-state index >= 15 is 0 Å². The highest BCUT2D eigenvalue weighted by molar-refractivity contribution is 5.92. The van der Waals surface area contributed by atoms with Crippen LogP contribution in [-0.2, 0) is 16.1 Å². The number of para-hydroxylation sites is 2. The van der Waals surface area contributed by atoms with Crippen LogP contribution < -0.4 is 10.1 Å². The Labute approximate surface area is 114 Å². The fourth-order valence-electron chi connectivity index (χ4n) is 1.57. The summed E-state index contributed by atoms with van der Waals surface area (Å²) in [5.41, 5.74) is 0.422. The number of nitrogens with one attached hydrogen (secondary N) is 1. The minimum atomic E-state index is -1.08. The van der Waals surface area contributed by atoms with E-state index in [9.17, 15) is 9.59 Å². The van der Waals surface area contributed by atoms with Gasteiger partial charge in [-0.05, 0) is 18.2 Å². The topological polar surface area (TPSA) is 93.5 Å². The molecule has 0 bridgehead atoms. The molecular weight excluding hydrogens is 262 g/mol. The number of carboxylic acid groups (broad SMARTS) is 1. The van der Waals surface area contributed by atoms with Crippen molar-refractivity contribution >= 4 is 17.6 Å². The monoisotopic (exact) mass is 275 g/mol. The van der Waals surface area contributed by atoms with E-state index < -0.39 is 12.6 Å². The fourth-order valence-corrected chi connectivity index (χ4v) is 1.57. The average molecular weight is 275 g/mol. The molecule has 7 heteroatoms. The van der Waals surface area contributed by atoms with Crippen LogP contribution in [0.5, 0.6) is 5.75 Å². The van der Waals surface area contributed by atoms with Crippen molar-refractivity contribution in [1.82, 2.24) is 9.78 Å². The van der Waals surface area contributed by atoms with E-state index in [2.05, 4.69) is 10.4 Å². The lowest BCUT2D eigenvalue weighted by Gasteiger charge is -2.11. The van der Waals surface area contributed by atoms with Gasteiger partial charge in [0, 0.05) is 12.4 Å². The summed E-state index contributed by atoms with van der Waals surface area (Å²) < 4.78 is 6.58. The third kappa shape index (κ3) is 3.84. The lowest BCUT2D eigenvalue weighted by molar-refractivity contribution is -0.139. The number of carbonyl (C=O) groups excluding carboxylic acids is 1. The molecule has 0 fully saturated rings. The Kier molecular flexibility index (Phi) is 4.33. The molecule has 0 aliphatic rings. The molecule has 0 aliphatic carbocycles. The first-order valence-electron chi connectivity index (χ1n) is 5.86. The number of carboxylic acids is 1. The molecule has 2 aromatic rings. The summed E-state index contributed by atoms with van der Waals surface area (Å²) in [6, 6.07) is 8.36. The van der Waals surface area contributed by atoms with Crippen molar-refractivity contribution < 1.29 is 19.4 Å². The van der Waals surface area contributed by atoms with E-state index in [1.54, 1.807) is 42.7 Å². The maximum Gasteiger partial charge on any atom is 0.341 e. The molecule has 104 valence electrons. The van der Waals surface area contributed by atoms with E-state index in [0.29, 0.717) is 11.4 Å². The zero-order chi connectivity index (χ0) is 14.4. The van der Waals surface area contributed by atoms with Gasteiger partial charge < -0.3 is 15.2 Å². The predicted octanol–water partition coefficient (Wildman–Crippen LogP) is 0.985. The SMILES string of the molecule is O=C(O)COc1ccccc1NC(=O)Cn1cccn1. The van der Waals surface area contributed by atoms with Crippen LogP contribution >= 0.6 is 0 Å². The second-order valence-corrected chi connectivity index (χ2v) is 3.93. The number of aliphatic carboxylic acids is 1. The zero-order valence-electron chi connectivity index (χ0n) is 10.5. The number of hydrogen-bond donors (Lipinski definition) is 2. The molecule has 1 aromatic carbocycles. The molecule has 20 heavy (non-hydrogen) atoms. The number of nitrogens with zero attached hydrogens (tertiary/aromatic N) is 2. The van der Waals surface area contributed by atoms with Gasteiger partial charge in [0.15, 0.2) is 6.61 Å². The minimum Gasteiger partial charge on any atom is -0.480 e. The number of anilines is 1. The van der Waals surface area contributed by atoms with Gasteiger partial charge in [-0.3, -0.25) is 9.48 Å². The summed E-state index contributed by atoms with van der Waals surface area (Å²) in [6.45, 7) is -0.397. The smallest absolute Gasteiger partial charge is 0.341 e. The Bertz CT molecular complexity index is 595. The van der Waals surface area contributed by atoms with E-state index in [-0.39, 0.29) is 12.5 Å². The van der Waals surface area contributed by atoms with Gasteiger partial charge in [-0.1, -0.05) is 12.1 Å². The third-order valence-electron chi connectivity index (χ3n) is 2.38. The number of carbonyl (C=O) groups is 2. The number of rotatable bonds is 6. The van der Waals surface area contributed by atoms with Gasteiger partial charge in [-0.25, -0.2) is 4.79 Å². The molecule has 2 N–H and O–H groups in total. The highest BCUT2D eigenvalue weighted by Crippen LogP contribution is 2.23. The Hall–Kier alpha value is -2.83. The lowest BCUT2D eigenvalue weighted by Crippen LogP contribution is -2.20. The summed E-state index contributed by atoms with van der Waals surface area (Å²) in [6.07, 6.45) is 3.25. The van der Waals surface area contributed by atoms with Crippen molar-refractivity contribution in [2.75, 3.05) is 11.9 Å². The largest absolute Gasteiger partial charge is 0.480 e.